The lowest BCUT2D eigenvalue weighted by molar-refractivity contribution is -0.908. The molecule has 1 aliphatic carbocycles. The second kappa shape index (κ2) is 14.3. The van der Waals surface area contributed by atoms with Crippen molar-refractivity contribution < 1.29 is 4.90 Å². The first-order chi connectivity index (χ1) is 19.2. The zero-order chi connectivity index (χ0) is 27.5. The molecule has 3 aromatic rings. The summed E-state index contributed by atoms with van der Waals surface area (Å²) in [4.78, 5) is 3.96. The first-order valence-electron chi connectivity index (χ1n) is 14.5. The van der Waals surface area contributed by atoms with Crippen LogP contribution in [0.4, 0.5) is 5.69 Å². The SMILES string of the molecule is CCN(CC)c1ccc(/C(=C/C=C/C(=C2C=CC([NH+](CC)CC)C=C2)c2ccccc2)c2ccccc2)cc1. The molecule has 0 spiro atoms. The van der Waals surface area contributed by atoms with Crippen LogP contribution in [0.2, 0.25) is 0 Å². The third kappa shape index (κ3) is 7.16. The van der Waals surface area contributed by atoms with Gasteiger partial charge in [-0.3, -0.25) is 0 Å². The van der Waals surface area contributed by atoms with Gasteiger partial charge in [-0.25, -0.2) is 0 Å². The Kier molecular flexibility index (Phi) is 10.3. The second-order valence-corrected chi connectivity index (χ2v) is 9.87. The van der Waals surface area contributed by atoms with Crippen LogP contribution in [0.15, 0.2) is 133 Å². The van der Waals surface area contributed by atoms with Gasteiger partial charge in [0, 0.05) is 18.8 Å². The fourth-order valence-corrected chi connectivity index (χ4v) is 5.34. The van der Waals surface area contributed by atoms with E-state index in [1.807, 2.05) is 0 Å². The molecule has 200 valence electrons. The van der Waals surface area contributed by atoms with Gasteiger partial charge >= 0.3 is 0 Å². The number of allylic oxidation sites excluding steroid dienone is 7. The molecule has 0 saturated heterocycles. The van der Waals surface area contributed by atoms with Crippen LogP contribution in [-0.4, -0.2) is 32.2 Å². The van der Waals surface area contributed by atoms with E-state index in [0.29, 0.717) is 6.04 Å². The highest BCUT2D eigenvalue weighted by Crippen LogP contribution is 2.28. The van der Waals surface area contributed by atoms with Crippen molar-refractivity contribution in [3.05, 3.63) is 150 Å². The Labute approximate surface area is 236 Å². The van der Waals surface area contributed by atoms with Crippen molar-refractivity contribution in [3.8, 4) is 0 Å². The molecule has 0 bridgehead atoms. The highest BCUT2D eigenvalue weighted by molar-refractivity contribution is 5.84. The second-order valence-electron chi connectivity index (χ2n) is 9.87. The predicted octanol–water partition coefficient (Wildman–Crippen LogP) is 7.39. The average molecular weight is 516 g/mol. The molecular formula is C37H43N2+. The molecule has 4 rings (SSSR count). The van der Waals surface area contributed by atoms with E-state index in [0.717, 1.165) is 26.2 Å². The smallest absolute Gasteiger partial charge is 0.125 e. The number of hydrogen-bond donors (Lipinski definition) is 1. The van der Waals surface area contributed by atoms with E-state index in [-0.39, 0.29) is 0 Å². The first-order valence-corrected chi connectivity index (χ1v) is 14.5. The number of nitrogens with zero attached hydrogens (tertiary/aromatic N) is 1. The van der Waals surface area contributed by atoms with Gasteiger partial charge in [0.15, 0.2) is 0 Å². The minimum atomic E-state index is 0.439. The van der Waals surface area contributed by atoms with Gasteiger partial charge in [0.25, 0.3) is 0 Å². The van der Waals surface area contributed by atoms with Crippen LogP contribution in [-0.2, 0) is 0 Å². The van der Waals surface area contributed by atoms with Gasteiger partial charge < -0.3 is 9.80 Å². The Morgan fingerprint density at radius 2 is 1.23 bits per heavy atom. The van der Waals surface area contributed by atoms with Crippen molar-refractivity contribution in [2.75, 3.05) is 31.1 Å². The maximum atomic E-state index is 2.38. The normalized spacial score (nSPS) is 15.4. The van der Waals surface area contributed by atoms with Crippen LogP contribution in [0.5, 0.6) is 0 Å². The zero-order valence-corrected chi connectivity index (χ0v) is 24.0. The van der Waals surface area contributed by atoms with E-state index in [4.69, 9.17) is 0 Å². The molecule has 0 heterocycles. The molecule has 0 aliphatic heterocycles. The molecule has 3 aromatic carbocycles. The van der Waals surface area contributed by atoms with Gasteiger partial charge in [-0.2, -0.15) is 0 Å². The largest absolute Gasteiger partial charge is 0.372 e. The monoisotopic (exact) mass is 515 g/mol. The minimum Gasteiger partial charge on any atom is -0.372 e. The quantitative estimate of drug-likeness (QED) is 0.262. The predicted molar refractivity (Wildman–Crippen MR) is 170 cm³/mol. The van der Waals surface area contributed by atoms with E-state index in [1.165, 1.54) is 39.1 Å². The molecule has 2 nitrogen and oxygen atoms in total. The van der Waals surface area contributed by atoms with Gasteiger partial charge in [-0.05, 0) is 85.4 Å². The van der Waals surface area contributed by atoms with Crippen molar-refractivity contribution in [3.63, 3.8) is 0 Å². The summed E-state index contributed by atoms with van der Waals surface area (Å²) in [5, 5.41) is 0. The van der Waals surface area contributed by atoms with E-state index in [9.17, 15) is 0 Å². The third-order valence-corrected chi connectivity index (χ3v) is 7.66. The van der Waals surface area contributed by atoms with Gasteiger partial charge in [0.2, 0.25) is 0 Å². The van der Waals surface area contributed by atoms with Gasteiger partial charge in [0.1, 0.15) is 6.04 Å². The molecule has 1 aliphatic rings. The van der Waals surface area contributed by atoms with E-state index in [2.05, 4.69) is 160 Å². The number of nitrogens with one attached hydrogen (secondary N) is 1. The lowest BCUT2D eigenvalue weighted by Gasteiger charge is -2.23. The summed E-state index contributed by atoms with van der Waals surface area (Å²) in [5.41, 5.74) is 8.63. The standard InChI is InChI=1S/C37H42N2/c1-5-38(6-2)34-26-22-32(23-27-34)36(30-16-11-9-12-17-30)20-15-21-37(31-18-13-10-14-19-31)33-24-28-35(29-25-33)39(7-3)8-4/h9-29,34H,5-8H2,1-4H3/p+1/b20-15+,36-32?,37-21+. The van der Waals surface area contributed by atoms with Gasteiger partial charge in [-0.15, -0.1) is 0 Å². The van der Waals surface area contributed by atoms with E-state index in [1.54, 1.807) is 4.90 Å². The Hall–Kier alpha value is -3.88. The molecule has 0 unspecified atom stereocenters. The summed E-state index contributed by atoms with van der Waals surface area (Å²) in [5.74, 6) is 0. The fraction of sp³-hybridized carbons (Fsp3) is 0.243. The van der Waals surface area contributed by atoms with Crippen LogP contribution in [0.3, 0.4) is 0 Å². The molecule has 0 fully saturated rings. The van der Waals surface area contributed by atoms with Crippen LogP contribution >= 0.6 is 0 Å². The van der Waals surface area contributed by atoms with Crippen molar-refractivity contribution in [2.24, 2.45) is 0 Å². The molecule has 0 radical (unpaired) electrons. The molecule has 2 heteroatoms. The van der Waals surface area contributed by atoms with E-state index >= 15 is 0 Å². The van der Waals surface area contributed by atoms with Crippen molar-refractivity contribution in [1.82, 2.24) is 0 Å². The maximum Gasteiger partial charge on any atom is 0.125 e. The van der Waals surface area contributed by atoms with Crippen molar-refractivity contribution in [1.29, 1.82) is 0 Å². The Morgan fingerprint density at radius 3 is 1.77 bits per heavy atom. The summed E-state index contributed by atoms with van der Waals surface area (Å²) in [6.07, 6.45) is 16.0. The molecule has 0 aromatic heterocycles. The van der Waals surface area contributed by atoms with Crippen LogP contribution in [0.1, 0.15) is 44.4 Å². The molecule has 39 heavy (non-hydrogen) atoms. The van der Waals surface area contributed by atoms with Crippen LogP contribution in [0, 0.1) is 0 Å². The third-order valence-electron chi connectivity index (χ3n) is 7.66. The lowest BCUT2D eigenvalue weighted by Crippen LogP contribution is -3.14. The summed E-state index contributed by atoms with van der Waals surface area (Å²) in [6.45, 7) is 13.2. The van der Waals surface area contributed by atoms with Gasteiger partial charge in [0.05, 0.1) is 13.1 Å². The highest BCUT2D eigenvalue weighted by atomic mass is 15.1. The number of rotatable bonds is 11. The van der Waals surface area contributed by atoms with E-state index < -0.39 is 0 Å². The zero-order valence-electron chi connectivity index (χ0n) is 24.0. The topological polar surface area (TPSA) is 7.68 Å². The molecule has 0 amide bonds. The van der Waals surface area contributed by atoms with Crippen molar-refractivity contribution in [2.45, 2.75) is 33.7 Å². The molecular weight excluding hydrogens is 472 g/mol. The molecule has 1 N–H and O–H groups in total. The number of quaternary nitrogens is 1. The summed E-state index contributed by atoms with van der Waals surface area (Å²) in [7, 11) is 0. The molecule has 0 atom stereocenters. The molecule has 0 saturated carbocycles. The van der Waals surface area contributed by atoms with Crippen LogP contribution < -0.4 is 9.80 Å². The summed E-state index contributed by atoms with van der Waals surface area (Å²) >= 11 is 0. The van der Waals surface area contributed by atoms with Gasteiger partial charge in [-0.1, -0.05) is 103 Å². The summed E-state index contributed by atoms with van der Waals surface area (Å²) in [6, 6.07) is 30.8. The number of benzene rings is 3. The van der Waals surface area contributed by atoms with Crippen molar-refractivity contribution >= 4 is 16.8 Å². The number of hydrogen-bond acceptors (Lipinski definition) is 1. The maximum absolute atomic E-state index is 2.38. The Morgan fingerprint density at radius 1 is 0.692 bits per heavy atom. The highest BCUT2D eigenvalue weighted by Gasteiger charge is 2.16. The fourth-order valence-electron chi connectivity index (χ4n) is 5.34. The minimum absolute atomic E-state index is 0.439. The summed E-state index contributed by atoms with van der Waals surface area (Å²) < 4.78 is 0. The average Bonchev–Trinajstić information content (AvgIpc) is 3.00. The Bertz CT molecular complexity index is 1300. The number of likely N-dealkylation sites (N-methyl/N-ethyl adjacent to an activating group) is 1. The van der Waals surface area contributed by atoms with Crippen LogP contribution in [0.25, 0.3) is 11.1 Å². The lowest BCUT2D eigenvalue weighted by atomic mass is 9.94. The first kappa shape index (κ1) is 28.1. The number of anilines is 1. The Balaban J connectivity index is 1.71.